The highest BCUT2D eigenvalue weighted by Crippen LogP contribution is 2.20. The predicted molar refractivity (Wildman–Crippen MR) is 119 cm³/mol. The summed E-state index contributed by atoms with van der Waals surface area (Å²) in [5.41, 5.74) is 1.13. The number of hydrogen-bond acceptors (Lipinski definition) is 5. The van der Waals surface area contributed by atoms with E-state index in [-0.39, 0.29) is 40.5 Å². The summed E-state index contributed by atoms with van der Waals surface area (Å²) in [5, 5.41) is 2.98. The zero-order valence-electron chi connectivity index (χ0n) is 17.8. The number of carbonyl (C=O) groups is 1. The largest absolute Gasteiger partial charge is 0.494 e. The maximum atomic E-state index is 13.9. The minimum Gasteiger partial charge on any atom is -0.494 e. The molecule has 0 aliphatic carbocycles. The number of sulfonamides is 1. The number of benzene rings is 2. The fourth-order valence-corrected chi connectivity index (χ4v) is 4.57. The van der Waals surface area contributed by atoms with E-state index in [1.807, 2.05) is 6.07 Å². The van der Waals surface area contributed by atoms with Gasteiger partial charge in [-0.05, 0) is 48.7 Å². The number of methoxy groups -OCH3 is 1. The van der Waals surface area contributed by atoms with Gasteiger partial charge in [0.2, 0.25) is 10.0 Å². The molecular weight excluding hydrogens is 433 g/mol. The Morgan fingerprint density at radius 3 is 2.66 bits per heavy atom. The summed E-state index contributed by atoms with van der Waals surface area (Å²) in [5.74, 6) is 1.73. The zero-order valence-corrected chi connectivity index (χ0v) is 18.6. The Morgan fingerprint density at radius 1 is 1.25 bits per heavy atom. The van der Waals surface area contributed by atoms with Crippen LogP contribution in [0.1, 0.15) is 28.8 Å². The number of nitrogens with zero attached hydrogens (tertiary/aromatic N) is 1. The second-order valence-corrected chi connectivity index (χ2v) is 9.32. The Bertz CT molecular complexity index is 1110. The van der Waals surface area contributed by atoms with Crippen LogP contribution in [-0.4, -0.2) is 52.0 Å². The van der Waals surface area contributed by atoms with Crippen LogP contribution >= 0.6 is 0 Å². The molecule has 2 aromatic rings. The summed E-state index contributed by atoms with van der Waals surface area (Å²) >= 11 is 0. The molecule has 9 heteroatoms. The van der Waals surface area contributed by atoms with Crippen molar-refractivity contribution in [1.29, 1.82) is 0 Å². The molecule has 0 radical (unpaired) electrons. The molecule has 0 bridgehead atoms. The lowest BCUT2D eigenvalue weighted by Gasteiger charge is -2.32. The lowest BCUT2D eigenvalue weighted by molar-refractivity contribution is 0.0908. The van der Waals surface area contributed by atoms with Gasteiger partial charge in [0.25, 0.3) is 5.91 Å². The van der Waals surface area contributed by atoms with Gasteiger partial charge >= 0.3 is 0 Å². The number of carbonyl (C=O) groups excluding carboxylic acids is 1. The number of terminal acetylenes is 1. The van der Waals surface area contributed by atoms with Gasteiger partial charge in [-0.3, -0.25) is 9.69 Å². The van der Waals surface area contributed by atoms with Crippen LogP contribution in [0.4, 0.5) is 4.39 Å². The van der Waals surface area contributed by atoms with E-state index >= 15 is 0 Å². The van der Waals surface area contributed by atoms with Gasteiger partial charge in [0.15, 0.2) is 11.6 Å². The van der Waals surface area contributed by atoms with Gasteiger partial charge in [-0.15, -0.1) is 6.42 Å². The van der Waals surface area contributed by atoms with Gasteiger partial charge in [-0.1, -0.05) is 18.1 Å². The number of piperidine rings is 1. The van der Waals surface area contributed by atoms with E-state index < -0.39 is 10.0 Å². The second kappa shape index (κ2) is 10.6. The molecule has 170 valence electrons. The first-order valence-corrected chi connectivity index (χ1v) is 11.7. The number of amides is 1. The number of nitrogens with one attached hydrogen (secondary N) is 2. The third-order valence-corrected chi connectivity index (χ3v) is 6.71. The van der Waals surface area contributed by atoms with Crippen LogP contribution in [0.15, 0.2) is 47.4 Å². The fourth-order valence-electron chi connectivity index (χ4n) is 3.60. The standard InChI is InChI=1S/C23H26FN3O4S/c1-3-11-25-32(29,30)20-6-4-5-18(15-20)23(28)26-19-9-12-27(13-10-19)16-17-7-8-22(31-2)21(24)14-17/h1,4-8,14-15,19,25H,9-13,16H2,2H3,(H,26,28). The topological polar surface area (TPSA) is 87.7 Å². The molecule has 7 nitrogen and oxygen atoms in total. The quantitative estimate of drug-likeness (QED) is 0.591. The molecule has 0 unspecified atom stereocenters. The van der Waals surface area contributed by atoms with Crippen molar-refractivity contribution in [3.05, 3.63) is 59.4 Å². The SMILES string of the molecule is C#CCNS(=O)(=O)c1cccc(C(=O)NC2CCN(Cc3ccc(OC)c(F)c3)CC2)c1. The molecule has 0 spiro atoms. The Kier molecular flexibility index (Phi) is 7.85. The van der Waals surface area contributed by atoms with Gasteiger partial charge in [-0.25, -0.2) is 12.8 Å². The van der Waals surface area contributed by atoms with Gasteiger partial charge in [0, 0.05) is 31.2 Å². The fraction of sp³-hybridized carbons (Fsp3) is 0.348. The van der Waals surface area contributed by atoms with E-state index in [0.717, 1.165) is 31.5 Å². The highest BCUT2D eigenvalue weighted by molar-refractivity contribution is 7.89. The molecule has 1 amide bonds. The first-order valence-electron chi connectivity index (χ1n) is 10.2. The third-order valence-electron chi connectivity index (χ3n) is 5.32. The Labute approximate surface area is 188 Å². The van der Waals surface area contributed by atoms with Crippen LogP contribution in [0, 0.1) is 18.2 Å². The minimum atomic E-state index is -3.77. The molecule has 2 N–H and O–H groups in total. The second-order valence-electron chi connectivity index (χ2n) is 7.55. The smallest absolute Gasteiger partial charge is 0.251 e. The van der Waals surface area contributed by atoms with E-state index in [1.165, 1.54) is 31.4 Å². The Morgan fingerprint density at radius 2 is 2.00 bits per heavy atom. The predicted octanol–water partition coefficient (Wildman–Crippen LogP) is 2.14. The van der Waals surface area contributed by atoms with Crippen LogP contribution < -0.4 is 14.8 Å². The van der Waals surface area contributed by atoms with Crippen molar-refractivity contribution >= 4 is 15.9 Å². The molecule has 1 aliphatic rings. The van der Waals surface area contributed by atoms with Crippen LogP contribution in [0.3, 0.4) is 0 Å². The lowest BCUT2D eigenvalue weighted by Crippen LogP contribution is -2.44. The van der Waals surface area contributed by atoms with Crippen LogP contribution in [0.25, 0.3) is 0 Å². The summed E-state index contributed by atoms with van der Waals surface area (Å²) in [6.45, 7) is 2.00. The van der Waals surface area contributed by atoms with E-state index in [4.69, 9.17) is 11.2 Å². The summed E-state index contributed by atoms with van der Waals surface area (Å²) in [6.07, 6.45) is 6.59. The number of likely N-dealkylation sites (tertiary alicyclic amines) is 1. The molecule has 1 aliphatic heterocycles. The maximum absolute atomic E-state index is 13.9. The Balaban J connectivity index is 1.54. The monoisotopic (exact) mass is 459 g/mol. The van der Waals surface area contributed by atoms with Crippen LogP contribution in [0.2, 0.25) is 0 Å². The van der Waals surface area contributed by atoms with Crippen molar-refractivity contribution in [1.82, 2.24) is 14.9 Å². The normalized spacial score (nSPS) is 15.2. The molecule has 0 atom stereocenters. The molecule has 32 heavy (non-hydrogen) atoms. The molecule has 0 saturated carbocycles. The van der Waals surface area contributed by atoms with Gasteiger partial charge in [-0.2, -0.15) is 4.72 Å². The van der Waals surface area contributed by atoms with Gasteiger partial charge in [0.05, 0.1) is 18.6 Å². The third kappa shape index (κ3) is 6.07. The van der Waals surface area contributed by atoms with Crippen molar-refractivity contribution < 1.29 is 22.3 Å². The van der Waals surface area contributed by atoms with Crippen molar-refractivity contribution in [3.63, 3.8) is 0 Å². The number of halogens is 1. The van der Waals surface area contributed by atoms with Crippen molar-refractivity contribution in [2.75, 3.05) is 26.7 Å². The van der Waals surface area contributed by atoms with Crippen LogP contribution in [0.5, 0.6) is 5.75 Å². The van der Waals surface area contributed by atoms with Crippen molar-refractivity contribution in [3.8, 4) is 18.1 Å². The minimum absolute atomic E-state index is 0.0121. The summed E-state index contributed by atoms with van der Waals surface area (Å²) in [7, 11) is -2.34. The van der Waals surface area contributed by atoms with Crippen LogP contribution in [-0.2, 0) is 16.6 Å². The molecule has 3 rings (SSSR count). The molecule has 1 heterocycles. The molecule has 0 aromatic heterocycles. The van der Waals surface area contributed by atoms with Gasteiger partial charge < -0.3 is 10.1 Å². The van der Waals surface area contributed by atoms with E-state index in [2.05, 4.69) is 20.9 Å². The summed E-state index contributed by atoms with van der Waals surface area (Å²) < 4.78 is 45.6. The lowest BCUT2D eigenvalue weighted by atomic mass is 10.0. The van der Waals surface area contributed by atoms with Crippen molar-refractivity contribution in [2.24, 2.45) is 0 Å². The molecule has 2 aromatic carbocycles. The average Bonchev–Trinajstić information content (AvgIpc) is 2.79. The van der Waals surface area contributed by atoms with E-state index in [0.29, 0.717) is 6.54 Å². The van der Waals surface area contributed by atoms with Gasteiger partial charge in [0.1, 0.15) is 0 Å². The average molecular weight is 460 g/mol. The summed E-state index contributed by atoms with van der Waals surface area (Å²) in [4.78, 5) is 14.8. The Hall–Kier alpha value is -2.93. The number of rotatable bonds is 8. The molecular formula is C23H26FN3O4S. The maximum Gasteiger partial charge on any atom is 0.251 e. The first kappa shape index (κ1) is 23.7. The first-order chi connectivity index (χ1) is 15.3. The number of ether oxygens (including phenoxy) is 1. The summed E-state index contributed by atoms with van der Waals surface area (Å²) in [6, 6.07) is 10.8. The highest BCUT2D eigenvalue weighted by atomic mass is 32.2. The van der Waals surface area contributed by atoms with E-state index in [9.17, 15) is 17.6 Å². The highest BCUT2D eigenvalue weighted by Gasteiger charge is 2.22. The number of hydrogen-bond donors (Lipinski definition) is 2. The molecule has 1 fully saturated rings. The molecule has 1 saturated heterocycles. The van der Waals surface area contributed by atoms with E-state index in [1.54, 1.807) is 12.1 Å². The van der Waals surface area contributed by atoms with Crippen molar-refractivity contribution in [2.45, 2.75) is 30.3 Å². The zero-order chi connectivity index (χ0) is 23.1.